The van der Waals surface area contributed by atoms with E-state index in [1.165, 1.54) is 9.44 Å². The molecule has 0 bridgehead atoms. The molecule has 0 aliphatic carbocycles. The van der Waals surface area contributed by atoms with Gasteiger partial charge >= 0.3 is 80.1 Å². The van der Waals surface area contributed by atoms with E-state index in [2.05, 4.69) is 22.0 Å². The van der Waals surface area contributed by atoms with Gasteiger partial charge in [-0.1, -0.05) is 0 Å². The average Bonchev–Trinajstić information content (AvgIpc) is 0.774. The minimum atomic E-state index is -6.10. The number of carbonyl (C=O) groups is 4. The van der Waals surface area contributed by atoms with E-state index in [0.29, 0.717) is 6.08 Å². The van der Waals surface area contributed by atoms with Crippen molar-refractivity contribution in [3.8, 4) is 0 Å². The SMILES string of the molecule is CC(=O)N[C@H]1[C@@H](O[C@H]2[C@H](O)[C@@H](O)[C@H](O[C@H]3[C@H](O)[C@@H](NS(=O)(=O)O)[C@@H](O[C@H]4[C@H](O)[C@@H](OS(=O)(=O)O)[C@H](O[C@H]5[C@H](O)[C@@H](NS(=O)(=O)O)C(O)O[C@@H]5COS(=O)(=O)O)O[C@H]4C(=O)O)O[C@@H]3COS(=O)(=O)O)O[C@@H]2C(=O)O)O[C@H](COS(=O)(=O)O)[C@@H](O[C@@H]2OC(C(=O)O)=C[C@H](O)[C@H]2O)[C@@H]1O. The summed E-state index contributed by atoms with van der Waals surface area (Å²) in [5, 5.41) is 133. The zero-order chi connectivity index (χ0) is 72.6. The molecule has 0 aromatic rings. The van der Waals surface area contributed by atoms with E-state index < -0.39 is 283 Å². The van der Waals surface area contributed by atoms with Gasteiger partial charge in [-0.2, -0.15) is 60.0 Å². The molecule has 5 fully saturated rings. The molecule has 0 spiro atoms. The zero-order valence-electron chi connectivity index (χ0n) is 47.0. The summed E-state index contributed by atoms with van der Waals surface area (Å²) in [6, 6.07) is -7.69. The standard InChI is InChI=1S/C38H59N3O49S6/c1-6(42)39-13-17(46)23(83-36-15(44)7(43)2-8(80-36)30(51)52)10(4-77-94(67,68)69)81-34(13)86-25-19(48)20(49)37(88-28(25)31(53)54)84-24-11(5-78-95(70,71)72)82-35(14(18(24)47)41-92(61,62)63)87-26-21(50)27(90-96(73,74)75)38(89-29(26)32(55)56)85-22-9(3-76-93(64,65)66)79-33(57)12(16(22)45)40-91(58,59)60/h2,7,9-29,33-38,40-41,43-50,57H,3-5H2,1H3,(H,39,42)(H,51,52)(H,53,54)(H,55,56)(H,58,59,60)(H,61,62,63)(H,64,65,66)(H,67,68,69)(H,70,71,72)(H,73,74,75)/t7-,9+,10+,11+,12+,13+,14+,15+,16+,17+,18+,19+,20+,21-,22+,23+,24+,25-,26-,27+,28-,29+,33?,34+,35+,36-,37+,38+/m0/s1. The van der Waals surface area contributed by atoms with Crippen molar-refractivity contribution in [2.45, 2.75) is 179 Å². The van der Waals surface area contributed by atoms with Crippen LogP contribution in [-0.4, -0.2) is 355 Å². The van der Waals surface area contributed by atoms with Crippen LogP contribution in [-0.2, 0) is 150 Å². The van der Waals surface area contributed by atoms with Gasteiger partial charge in [0.05, 0.1) is 19.8 Å². The number of nitrogens with one attached hydrogen (secondary N) is 3. The summed E-state index contributed by atoms with van der Waals surface area (Å²) in [6.07, 6.45) is -67.4. The topological polar surface area (TPSA) is 812 Å². The number of hydrogen-bond donors (Lipinski definition) is 21. The first-order valence-electron chi connectivity index (χ1n) is 25.9. The van der Waals surface area contributed by atoms with E-state index in [1.807, 2.05) is 0 Å². The molecular formula is C38H59N3O49S6. The molecule has 1 amide bonds. The molecule has 0 aromatic carbocycles. The van der Waals surface area contributed by atoms with Crippen LogP contribution in [0.5, 0.6) is 0 Å². The molecule has 0 saturated carbocycles. The van der Waals surface area contributed by atoms with E-state index >= 15 is 0 Å². The summed E-state index contributed by atoms with van der Waals surface area (Å²) in [5.74, 6) is -8.81. The van der Waals surface area contributed by atoms with Crippen LogP contribution in [0.15, 0.2) is 11.8 Å². The monoisotopic (exact) mass is 1530 g/mol. The Labute approximate surface area is 536 Å². The molecule has 96 heavy (non-hydrogen) atoms. The van der Waals surface area contributed by atoms with Gasteiger partial charge < -0.3 is 119 Å². The van der Waals surface area contributed by atoms with Crippen LogP contribution in [0.3, 0.4) is 0 Å². The summed E-state index contributed by atoms with van der Waals surface area (Å²) >= 11 is 0. The largest absolute Gasteiger partial charge is 0.479 e. The highest BCUT2D eigenvalue weighted by molar-refractivity contribution is 7.84. The van der Waals surface area contributed by atoms with Gasteiger partial charge in [-0.3, -0.25) is 32.1 Å². The van der Waals surface area contributed by atoms with Gasteiger partial charge in [0.2, 0.25) is 18.0 Å². The Balaban J connectivity index is 1.33. The zero-order valence-corrected chi connectivity index (χ0v) is 51.9. The van der Waals surface area contributed by atoms with E-state index in [-0.39, 0.29) is 0 Å². The summed E-state index contributed by atoms with van der Waals surface area (Å²) in [6.45, 7) is -4.16. The van der Waals surface area contributed by atoms with Crippen LogP contribution < -0.4 is 14.8 Å². The van der Waals surface area contributed by atoms with Crippen LogP contribution in [0.1, 0.15) is 6.92 Å². The smallest absolute Gasteiger partial charge is 0.397 e. The lowest BCUT2D eigenvalue weighted by Crippen LogP contribution is -2.71. The number of carbonyl (C=O) groups excluding carboxylic acids is 1. The normalized spacial score (nSPS) is 39.9. The Bertz CT molecular complexity index is 3510. The third kappa shape index (κ3) is 21.7. The molecule has 556 valence electrons. The number of ether oxygens (including phenoxy) is 11. The number of amides is 1. The maximum Gasteiger partial charge on any atom is 0.397 e. The molecule has 6 aliphatic heterocycles. The first kappa shape index (κ1) is 80.9. The van der Waals surface area contributed by atoms with Crippen LogP contribution in [0.2, 0.25) is 0 Å². The number of aliphatic hydroxyl groups is 9. The summed E-state index contributed by atoms with van der Waals surface area (Å²) in [7, 11) is -34.4. The molecular weight excluding hydrogens is 1470 g/mol. The Morgan fingerprint density at radius 1 is 0.427 bits per heavy atom. The second-order valence-corrected chi connectivity index (χ2v) is 27.2. The molecule has 6 aliphatic rings. The van der Waals surface area contributed by atoms with E-state index in [9.17, 15) is 154 Å². The molecule has 58 heteroatoms. The molecule has 5 saturated heterocycles. The van der Waals surface area contributed by atoms with Gasteiger partial charge in [-0.15, -0.1) is 0 Å². The average molecular weight is 1530 g/mol. The maximum atomic E-state index is 13.0. The first-order valence-corrected chi connectivity index (χ1v) is 34.2. The van der Waals surface area contributed by atoms with Crippen LogP contribution in [0.25, 0.3) is 0 Å². The Morgan fingerprint density at radius 2 is 0.812 bits per heavy atom. The van der Waals surface area contributed by atoms with Gasteiger partial charge in [0.15, 0.2) is 49.8 Å². The molecule has 28 atom stereocenters. The van der Waals surface area contributed by atoms with E-state index in [0.717, 1.165) is 6.92 Å². The highest BCUT2D eigenvalue weighted by Gasteiger charge is 2.61. The predicted molar refractivity (Wildman–Crippen MR) is 277 cm³/mol. The number of aliphatic carboxylic acids is 3. The Morgan fingerprint density at radius 3 is 1.24 bits per heavy atom. The molecule has 6 rings (SSSR count). The quantitative estimate of drug-likeness (QED) is 0.0309. The lowest BCUT2D eigenvalue weighted by molar-refractivity contribution is -0.375. The molecule has 52 nitrogen and oxygen atoms in total. The predicted octanol–water partition coefficient (Wildman–Crippen LogP) is -14.4. The number of rotatable bonds is 29. The van der Waals surface area contributed by atoms with Crippen LogP contribution in [0, 0.1) is 0 Å². The van der Waals surface area contributed by atoms with Crippen molar-refractivity contribution in [2.75, 3.05) is 19.8 Å². The van der Waals surface area contributed by atoms with Crippen LogP contribution >= 0.6 is 0 Å². The lowest BCUT2D eigenvalue weighted by Gasteiger charge is -2.50. The van der Waals surface area contributed by atoms with Gasteiger partial charge in [-0.05, 0) is 6.08 Å². The fraction of sp³-hybridized carbons (Fsp3) is 0.842. The van der Waals surface area contributed by atoms with Crippen molar-refractivity contribution in [3.63, 3.8) is 0 Å². The second-order valence-electron chi connectivity index (χ2n) is 20.5. The highest BCUT2D eigenvalue weighted by atomic mass is 32.3. The molecule has 1 unspecified atom stereocenters. The van der Waals surface area contributed by atoms with Crippen molar-refractivity contribution in [2.24, 2.45) is 0 Å². The van der Waals surface area contributed by atoms with E-state index in [1.54, 1.807) is 0 Å². The van der Waals surface area contributed by atoms with Gasteiger partial charge in [0.25, 0.3) is 0 Å². The van der Waals surface area contributed by atoms with Crippen LogP contribution in [0.4, 0.5) is 0 Å². The number of aliphatic hydroxyl groups excluding tert-OH is 9. The highest BCUT2D eigenvalue weighted by Crippen LogP contribution is 2.38. The first-order chi connectivity index (χ1) is 43.8. The fourth-order valence-corrected chi connectivity index (χ4v) is 12.4. The van der Waals surface area contributed by atoms with Gasteiger partial charge in [0.1, 0.15) is 116 Å². The van der Waals surface area contributed by atoms with Crippen molar-refractivity contribution in [1.29, 1.82) is 0 Å². The summed E-state index contributed by atoms with van der Waals surface area (Å²) < 4.78 is 279. The summed E-state index contributed by atoms with van der Waals surface area (Å²) in [5.41, 5.74) is 0. The number of carboxylic acid groups (broad SMARTS) is 3. The fourth-order valence-electron chi connectivity index (χ4n) is 9.84. The molecule has 0 radical (unpaired) electrons. The third-order valence-electron chi connectivity index (χ3n) is 13.8. The van der Waals surface area contributed by atoms with Gasteiger partial charge in [-0.25, -0.2) is 31.1 Å². The number of hydrogen-bond acceptors (Lipinski definition) is 40. The van der Waals surface area contributed by atoms with Crippen molar-refractivity contribution >= 4 is 86.0 Å². The minimum Gasteiger partial charge on any atom is -0.479 e. The van der Waals surface area contributed by atoms with Crippen molar-refractivity contribution in [3.05, 3.63) is 11.8 Å². The minimum absolute atomic E-state index is 0.492. The van der Waals surface area contributed by atoms with Crippen molar-refractivity contribution in [1.82, 2.24) is 14.8 Å². The third-order valence-corrected chi connectivity index (χ3v) is 16.7. The van der Waals surface area contributed by atoms with E-state index in [4.69, 9.17) is 56.7 Å². The molecule has 6 heterocycles. The number of carboxylic acids is 3. The maximum absolute atomic E-state index is 13.0. The lowest BCUT2D eigenvalue weighted by atomic mass is 9.94. The van der Waals surface area contributed by atoms with Gasteiger partial charge in [0, 0.05) is 6.92 Å². The van der Waals surface area contributed by atoms with Crippen molar-refractivity contribution < 1.29 is 227 Å². The Kier molecular flexibility index (Phi) is 26.5. The molecule has 0 aromatic heterocycles. The summed E-state index contributed by atoms with van der Waals surface area (Å²) in [4.78, 5) is 50.1. The second kappa shape index (κ2) is 31.4. The Hall–Kier alpha value is -4.12. The molecule has 21 N–H and O–H groups in total.